The van der Waals surface area contributed by atoms with Crippen molar-refractivity contribution < 1.29 is 4.74 Å². The van der Waals surface area contributed by atoms with Gasteiger partial charge in [-0.05, 0) is 25.0 Å². The van der Waals surface area contributed by atoms with Crippen LogP contribution in [0.4, 0.5) is 0 Å². The molecule has 1 unspecified atom stereocenters. The first kappa shape index (κ1) is 12.6. The summed E-state index contributed by atoms with van der Waals surface area (Å²) >= 11 is 0. The van der Waals surface area contributed by atoms with Gasteiger partial charge in [0.05, 0.1) is 13.7 Å². The number of aromatic nitrogens is 3. The summed E-state index contributed by atoms with van der Waals surface area (Å²) in [5.74, 6) is 1.78. The van der Waals surface area contributed by atoms with Crippen LogP contribution in [0.5, 0.6) is 5.75 Å². The number of para-hydroxylation sites is 1. The van der Waals surface area contributed by atoms with Crippen LogP contribution in [0.1, 0.15) is 18.3 Å². The van der Waals surface area contributed by atoms with E-state index in [0.29, 0.717) is 12.6 Å². The fourth-order valence-corrected chi connectivity index (χ4v) is 1.86. The van der Waals surface area contributed by atoms with E-state index < -0.39 is 0 Å². The number of methoxy groups -OCH3 is 1. The van der Waals surface area contributed by atoms with E-state index in [0.717, 1.165) is 18.0 Å². The maximum atomic E-state index is 5.34. The number of rotatable bonds is 6. The first-order valence-electron chi connectivity index (χ1n) is 5.99. The number of nitrogens with one attached hydrogen (secondary N) is 2. The van der Waals surface area contributed by atoms with E-state index >= 15 is 0 Å². The zero-order chi connectivity index (χ0) is 12.8. The molecule has 0 saturated carbocycles. The molecule has 0 radical (unpaired) electrons. The average Bonchev–Trinajstić information content (AvgIpc) is 2.90. The molecule has 5 nitrogen and oxygen atoms in total. The fourth-order valence-electron chi connectivity index (χ4n) is 1.86. The fraction of sp³-hybridized carbons (Fsp3) is 0.385. The number of nitrogens with zero attached hydrogens (tertiary/aromatic N) is 2. The molecule has 2 aromatic rings. The molecule has 0 aliphatic carbocycles. The predicted octanol–water partition coefficient (Wildman–Crippen LogP) is 1.53. The minimum Gasteiger partial charge on any atom is -0.496 e. The third kappa shape index (κ3) is 3.30. The first-order valence-corrected chi connectivity index (χ1v) is 5.99. The maximum Gasteiger partial charge on any atom is 0.138 e. The second-order valence-corrected chi connectivity index (χ2v) is 4.23. The Hall–Kier alpha value is -1.88. The summed E-state index contributed by atoms with van der Waals surface area (Å²) in [6.45, 7) is 2.83. The number of hydrogen-bond acceptors (Lipinski definition) is 4. The highest BCUT2D eigenvalue weighted by Gasteiger charge is 2.08. The van der Waals surface area contributed by atoms with Gasteiger partial charge in [0.2, 0.25) is 0 Å². The summed E-state index contributed by atoms with van der Waals surface area (Å²) < 4.78 is 5.34. The lowest BCUT2D eigenvalue weighted by molar-refractivity contribution is 0.405. The van der Waals surface area contributed by atoms with Crippen molar-refractivity contribution in [3.8, 4) is 5.75 Å². The highest BCUT2D eigenvalue weighted by atomic mass is 16.5. The van der Waals surface area contributed by atoms with Crippen LogP contribution in [0, 0.1) is 0 Å². The minimum absolute atomic E-state index is 0.339. The normalized spacial score (nSPS) is 12.3. The van der Waals surface area contributed by atoms with Gasteiger partial charge in [0.15, 0.2) is 0 Å². The van der Waals surface area contributed by atoms with Crippen molar-refractivity contribution >= 4 is 0 Å². The van der Waals surface area contributed by atoms with Crippen LogP contribution in [0.15, 0.2) is 30.6 Å². The van der Waals surface area contributed by atoms with Gasteiger partial charge in [-0.2, -0.15) is 5.10 Å². The standard InChI is InChI=1S/C13H18N4O/c1-10(14-8-13-15-9-16-17-13)7-11-5-3-4-6-12(11)18-2/h3-6,9-10,14H,7-8H2,1-2H3,(H,15,16,17). The van der Waals surface area contributed by atoms with Crippen LogP contribution in [-0.4, -0.2) is 28.3 Å². The summed E-state index contributed by atoms with van der Waals surface area (Å²) in [7, 11) is 1.70. The number of ether oxygens (including phenoxy) is 1. The van der Waals surface area contributed by atoms with Crippen molar-refractivity contribution in [1.82, 2.24) is 20.5 Å². The number of benzene rings is 1. The van der Waals surface area contributed by atoms with Crippen molar-refractivity contribution in [2.45, 2.75) is 25.9 Å². The molecule has 0 saturated heterocycles. The van der Waals surface area contributed by atoms with Crippen LogP contribution < -0.4 is 10.1 Å². The molecule has 0 bridgehead atoms. The van der Waals surface area contributed by atoms with Crippen molar-refractivity contribution in [2.75, 3.05) is 7.11 Å². The Morgan fingerprint density at radius 3 is 2.94 bits per heavy atom. The van der Waals surface area contributed by atoms with Crippen molar-refractivity contribution in [2.24, 2.45) is 0 Å². The second kappa shape index (κ2) is 6.16. The molecule has 0 aliphatic rings. The molecule has 0 spiro atoms. The molecular weight excluding hydrogens is 228 g/mol. The topological polar surface area (TPSA) is 62.8 Å². The van der Waals surface area contributed by atoms with Crippen LogP contribution in [-0.2, 0) is 13.0 Å². The summed E-state index contributed by atoms with van der Waals surface area (Å²) in [6.07, 6.45) is 2.43. The third-order valence-corrected chi connectivity index (χ3v) is 2.80. The van der Waals surface area contributed by atoms with Gasteiger partial charge >= 0.3 is 0 Å². The van der Waals surface area contributed by atoms with E-state index in [2.05, 4.69) is 33.5 Å². The smallest absolute Gasteiger partial charge is 0.138 e. The quantitative estimate of drug-likeness (QED) is 0.811. The predicted molar refractivity (Wildman–Crippen MR) is 69.4 cm³/mol. The molecule has 1 atom stereocenters. The zero-order valence-corrected chi connectivity index (χ0v) is 10.7. The molecule has 96 valence electrons. The van der Waals surface area contributed by atoms with Crippen molar-refractivity contribution in [1.29, 1.82) is 0 Å². The van der Waals surface area contributed by atoms with Crippen LogP contribution in [0.3, 0.4) is 0 Å². The molecule has 2 N–H and O–H groups in total. The minimum atomic E-state index is 0.339. The maximum absolute atomic E-state index is 5.34. The van der Waals surface area contributed by atoms with Gasteiger partial charge in [0.25, 0.3) is 0 Å². The highest BCUT2D eigenvalue weighted by molar-refractivity contribution is 5.33. The Morgan fingerprint density at radius 1 is 1.39 bits per heavy atom. The molecule has 0 fully saturated rings. The Morgan fingerprint density at radius 2 is 2.22 bits per heavy atom. The molecule has 5 heteroatoms. The Kier molecular flexibility index (Phi) is 4.30. The number of H-pyrrole nitrogens is 1. The molecule has 1 heterocycles. The second-order valence-electron chi connectivity index (χ2n) is 4.23. The lowest BCUT2D eigenvalue weighted by Gasteiger charge is -2.15. The van der Waals surface area contributed by atoms with Gasteiger partial charge in [0.1, 0.15) is 17.9 Å². The van der Waals surface area contributed by atoms with Crippen molar-refractivity contribution in [3.63, 3.8) is 0 Å². The summed E-state index contributed by atoms with van der Waals surface area (Å²) in [5.41, 5.74) is 1.21. The van der Waals surface area contributed by atoms with E-state index in [1.165, 1.54) is 11.9 Å². The van der Waals surface area contributed by atoms with Gasteiger partial charge in [-0.25, -0.2) is 4.98 Å². The van der Waals surface area contributed by atoms with E-state index in [1.807, 2.05) is 18.2 Å². The Labute approximate surface area is 107 Å². The SMILES string of the molecule is COc1ccccc1CC(C)NCc1ncn[nH]1. The first-order chi connectivity index (χ1) is 8.79. The van der Waals surface area contributed by atoms with Gasteiger partial charge < -0.3 is 10.1 Å². The molecule has 0 aliphatic heterocycles. The lowest BCUT2D eigenvalue weighted by atomic mass is 10.1. The Balaban J connectivity index is 1.88. The molecule has 1 aromatic heterocycles. The van der Waals surface area contributed by atoms with E-state index in [-0.39, 0.29) is 0 Å². The van der Waals surface area contributed by atoms with E-state index in [9.17, 15) is 0 Å². The zero-order valence-electron chi connectivity index (χ0n) is 10.7. The molecule has 1 aromatic carbocycles. The average molecular weight is 246 g/mol. The monoisotopic (exact) mass is 246 g/mol. The van der Waals surface area contributed by atoms with Crippen LogP contribution in [0.2, 0.25) is 0 Å². The summed E-state index contributed by atoms with van der Waals surface area (Å²) in [6, 6.07) is 8.42. The summed E-state index contributed by atoms with van der Waals surface area (Å²) in [5, 5.41) is 10.0. The van der Waals surface area contributed by atoms with Gasteiger partial charge in [-0.1, -0.05) is 18.2 Å². The van der Waals surface area contributed by atoms with E-state index in [1.54, 1.807) is 7.11 Å². The van der Waals surface area contributed by atoms with Crippen LogP contribution in [0.25, 0.3) is 0 Å². The largest absolute Gasteiger partial charge is 0.496 e. The molecule has 0 amide bonds. The third-order valence-electron chi connectivity index (χ3n) is 2.80. The molecular formula is C13H18N4O. The Bertz CT molecular complexity index is 470. The van der Waals surface area contributed by atoms with Crippen LogP contribution >= 0.6 is 0 Å². The molecule has 18 heavy (non-hydrogen) atoms. The van der Waals surface area contributed by atoms with Gasteiger partial charge in [-0.3, -0.25) is 5.10 Å². The van der Waals surface area contributed by atoms with Crippen molar-refractivity contribution in [3.05, 3.63) is 42.0 Å². The van der Waals surface area contributed by atoms with Gasteiger partial charge in [-0.15, -0.1) is 0 Å². The number of aromatic amines is 1. The lowest BCUT2D eigenvalue weighted by Crippen LogP contribution is -2.28. The van der Waals surface area contributed by atoms with E-state index in [4.69, 9.17) is 4.74 Å². The summed E-state index contributed by atoms with van der Waals surface area (Å²) in [4.78, 5) is 4.08. The van der Waals surface area contributed by atoms with Gasteiger partial charge in [0, 0.05) is 6.04 Å². The molecule has 2 rings (SSSR count). The highest BCUT2D eigenvalue weighted by Crippen LogP contribution is 2.18. The number of hydrogen-bond donors (Lipinski definition) is 2.